The maximum Gasteiger partial charge on any atom is 1.00 e. The number of hydrogen-bond acceptors (Lipinski definition) is 9. The van der Waals surface area contributed by atoms with E-state index in [1.807, 2.05) is 112 Å². The van der Waals surface area contributed by atoms with Crippen molar-refractivity contribution in [2.24, 2.45) is 5.16 Å². The summed E-state index contributed by atoms with van der Waals surface area (Å²) in [6.07, 6.45) is 8.76. The molecular formula is C74H83N9NaO+. The molecule has 0 amide bonds. The minimum atomic E-state index is -0.850. The van der Waals surface area contributed by atoms with Gasteiger partial charge in [0.2, 0.25) is 0 Å². The predicted octanol–water partition coefficient (Wildman–Crippen LogP) is 11.8. The van der Waals surface area contributed by atoms with E-state index >= 15 is 0 Å². The molecule has 10 nitrogen and oxygen atoms in total. The van der Waals surface area contributed by atoms with E-state index in [4.69, 9.17) is 11.8 Å². The quantitative estimate of drug-likeness (QED) is 0.0219. The maximum atomic E-state index is 10.4. The van der Waals surface area contributed by atoms with Crippen LogP contribution in [0.1, 0.15) is 58.9 Å². The van der Waals surface area contributed by atoms with Gasteiger partial charge in [0.15, 0.2) is 5.71 Å². The van der Waals surface area contributed by atoms with Crippen molar-refractivity contribution in [3.63, 3.8) is 0 Å². The molecule has 0 spiro atoms. The standard InChI is InChI=1S/C25H29N3O.C24H25N3.C23H25N2.CN.CH4.Na/c1-19(26-29)25(20-9-7-6-8-10-20,21-11-15-23(16-12-21)27(2)3)22-13-17-24(18-14-22)28(4)5;1-26(2)22-14-10-20(11-15-22)24(18-25,19-8-6-5-7-9-19)21-12-16-23(17-13-21)27(3)4;1-24(2)21-14-10-19(11-15-21)23(18-8-6-5-7-9-18)20-12-16-22(17-13-20)25(3)4;1-2;;/h6-18,29H,1-5H3;5-17H,1-4H3;5-17H,1-4H3;;1H4;/q;;+1;-1;;+1/b26-19+;;;;;. The number of oxime groups is 1. The Kier molecular flexibility index (Phi) is 26.0. The zero-order chi connectivity index (χ0) is 60.3. The topological polar surface area (TPSA) is 99.4 Å². The van der Waals surface area contributed by atoms with Crippen LogP contribution in [0.5, 0.6) is 0 Å². The number of benzene rings is 8. The van der Waals surface area contributed by atoms with E-state index in [-0.39, 0.29) is 37.0 Å². The smallest absolute Gasteiger partial charge is 0.512 e. The minimum absolute atomic E-state index is 0. The molecule has 0 bridgehead atoms. The summed E-state index contributed by atoms with van der Waals surface area (Å²) in [5.41, 5.74) is 17.0. The van der Waals surface area contributed by atoms with Crippen LogP contribution >= 0.6 is 0 Å². The summed E-state index contributed by atoms with van der Waals surface area (Å²) in [5, 5.41) is 30.3. The van der Waals surface area contributed by atoms with E-state index in [9.17, 15) is 10.5 Å². The van der Waals surface area contributed by atoms with E-state index < -0.39 is 10.8 Å². The van der Waals surface area contributed by atoms with Crippen molar-refractivity contribution in [1.29, 1.82) is 10.5 Å². The van der Waals surface area contributed by atoms with Crippen molar-refractivity contribution in [3.8, 4) is 6.07 Å². The van der Waals surface area contributed by atoms with Gasteiger partial charge < -0.3 is 41.5 Å². The number of hydrogen-bond donors (Lipinski definition) is 1. The van der Waals surface area contributed by atoms with Gasteiger partial charge in [0.1, 0.15) is 19.5 Å². The largest absolute Gasteiger partial charge is 1.00 e. The summed E-state index contributed by atoms with van der Waals surface area (Å²) in [7, 11) is 24.4. The zero-order valence-electron chi connectivity index (χ0n) is 51.5. The normalized spacial score (nSPS) is 11.4. The van der Waals surface area contributed by atoms with Crippen LogP contribution in [-0.2, 0) is 10.8 Å². The molecular weight excluding hydrogens is 1050 g/mol. The number of rotatable bonds is 14. The van der Waals surface area contributed by atoms with Crippen molar-refractivity contribution in [3.05, 3.63) is 293 Å². The predicted molar refractivity (Wildman–Crippen MR) is 357 cm³/mol. The third kappa shape index (κ3) is 16.1. The third-order valence-electron chi connectivity index (χ3n) is 14.9. The van der Waals surface area contributed by atoms with Crippen LogP contribution in [0, 0.1) is 23.2 Å². The monoisotopic (exact) mass is 1140 g/mol. The van der Waals surface area contributed by atoms with Crippen LogP contribution in [0.3, 0.4) is 0 Å². The molecule has 1 N–H and O–H groups in total. The van der Waals surface area contributed by atoms with Gasteiger partial charge in [-0.05, 0) is 135 Å². The Labute approximate surface area is 530 Å². The average Bonchev–Trinajstić information content (AvgIpc) is 3.70. The number of anilines is 5. The Morgan fingerprint density at radius 3 is 1.00 bits per heavy atom. The van der Waals surface area contributed by atoms with Crippen LogP contribution in [-0.4, -0.2) is 106 Å². The van der Waals surface area contributed by atoms with Crippen molar-refractivity contribution < 1.29 is 39.3 Å². The summed E-state index contributed by atoms with van der Waals surface area (Å²) in [6, 6.07) is 75.7. The van der Waals surface area contributed by atoms with Crippen molar-refractivity contribution in [2.45, 2.75) is 25.2 Å². The fraction of sp³-hybridized carbons (Fsp3) is 0.216. The minimum Gasteiger partial charge on any atom is -0.512 e. The van der Waals surface area contributed by atoms with Gasteiger partial charge in [-0.15, -0.1) is 0 Å². The van der Waals surface area contributed by atoms with Gasteiger partial charge in [-0.3, -0.25) is 0 Å². The van der Waals surface area contributed by atoms with Gasteiger partial charge in [0, 0.05) is 111 Å². The summed E-state index contributed by atoms with van der Waals surface area (Å²) >= 11 is 0. The summed E-state index contributed by atoms with van der Waals surface area (Å²) < 4.78 is 2.12. The first-order valence-corrected chi connectivity index (χ1v) is 27.5. The molecule has 9 rings (SSSR count). The number of nitrogens with zero attached hydrogens (tertiary/aromatic N) is 9. The average molecular weight is 1140 g/mol. The maximum absolute atomic E-state index is 10.4. The van der Waals surface area contributed by atoms with Gasteiger partial charge >= 0.3 is 29.6 Å². The van der Waals surface area contributed by atoms with E-state index in [1.165, 1.54) is 33.7 Å². The Morgan fingerprint density at radius 1 is 0.424 bits per heavy atom. The van der Waals surface area contributed by atoms with Gasteiger partial charge in [0.25, 0.3) is 0 Å². The second-order valence-electron chi connectivity index (χ2n) is 21.4. The van der Waals surface area contributed by atoms with Crippen LogP contribution < -0.4 is 54.1 Å². The molecule has 0 aromatic heterocycles. The zero-order valence-corrected chi connectivity index (χ0v) is 53.5. The molecule has 0 saturated heterocycles. The molecule has 0 atom stereocenters. The van der Waals surface area contributed by atoms with Crippen LogP contribution in [0.15, 0.2) is 247 Å². The summed E-state index contributed by atoms with van der Waals surface area (Å²) in [5.74, 6) is 0. The van der Waals surface area contributed by atoms with Crippen LogP contribution in [0.25, 0.3) is 5.57 Å². The first kappa shape index (κ1) is 68.6. The Morgan fingerprint density at radius 2 is 0.694 bits per heavy atom. The first-order valence-electron chi connectivity index (χ1n) is 27.5. The molecule has 11 heteroatoms. The molecule has 8 aromatic rings. The van der Waals surface area contributed by atoms with Gasteiger partial charge in [-0.25, -0.2) is 4.58 Å². The molecule has 0 radical (unpaired) electrons. The van der Waals surface area contributed by atoms with E-state index in [2.05, 4.69) is 257 Å². The van der Waals surface area contributed by atoms with Crippen LogP contribution in [0.2, 0.25) is 0 Å². The van der Waals surface area contributed by atoms with E-state index in [0.29, 0.717) is 5.71 Å². The Balaban J connectivity index is 0.000000267. The molecule has 0 aliphatic heterocycles. The van der Waals surface area contributed by atoms with Crippen molar-refractivity contribution in [1.82, 2.24) is 0 Å². The SMILES string of the molecule is C.C/C(=N\O)C(c1ccccc1)(c1ccc(N(C)C)cc1)c1ccc(N(C)C)cc1.CN(C)c1ccc(C(=C2C=CC(=[N+](C)C)C=C2)c2ccccc2)cc1.CN(C)c1ccc(C(C#N)(c2ccccc2)c2ccc(N(C)C)cc2)cc1.[C-]#N.[Na+]. The van der Waals surface area contributed by atoms with E-state index in [1.54, 1.807) is 0 Å². The molecule has 0 saturated carbocycles. The third-order valence-corrected chi connectivity index (χ3v) is 14.9. The molecule has 1 aliphatic rings. The second-order valence-corrected chi connectivity index (χ2v) is 21.4. The Hall–Kier alpha value is -8.90. The summed E-state index contributed by atoms with van der Waals surface area (Å²) in [6.45, 7) is 6.63. The van der Waals surface area contributed by atoms with Crippen molar-refractivity contribution in [2.75, 3.05) is 109 Å². The molecule has 0 heterocycles. The molecule has 1 aliphatic carbocycles. The van der Waals surface area contributed by atoms with Crippen molar-refractivity contribution >= 4 is 45.4 Å². The molecule has 8 aromatic carbocycles. The summed E-state index contributed by atoms with van der Waals surface area (Å²) in [4.78, 5) is 10.4. The van der Waals surface area contributed by atoms with Gasteiger partial charge in [-0.2, -0.15) is 5.26 Å². The van der Waals surface area contributed by atoms with Gasteiger partial charge in [-0.1, -0.05) is 164 Å². The second kappa shape index (κ2) is 32.2. The van der Waals surface area contributed by atoms with E-state index in [0.717, 1.165) is 56.1 Å². The first-order chi connectivity index (χ1) is 39.9. The fourth-order valence-electron chi connectivity index (χ4n) is 10.3. The molecule has 0 unspecified atom stereocenters. The number of nitriles is 1. The molecule has 85 heavy (non-hydrogen) atoms. The van der Waals surface area contributed by atoms with Gasteiger partial charge in [0.05, 0.1) is 17.2 Å². The van der Waals surface area contributed by atoms with Crippen LogP contribution in [0.4, 0.5) is 28.4 Å². The number of allylic oxidation sites excluding steroid dienone is 5. The fourth-order valence-corrected chi connectivity index (χ4v) is 10.3. The Bertz CT molecular complexity index is 3430. The molecule has 430 valence electrons. The molecule has 0 fully saturated rings.